The number of nitrogens with zero attached hydrogens (tertiary/aromatic N) is 2. The van der Waals surface area contributed by atoms with E-state index in [0.717, 1.165) is 11.3 Å². The molecule has 0 radical (unpaired) electrons. The van der Waals surface area contributed by atoms with Crippen LogP contribution in [0.15, 0.2) is 89.6 Å². The zero-order chi connectivity index (χ0) is 27.1. The normalized spacial score (nSPS) is 14.7. The van der Waals surface area contributed by atoms with Crippen molar-refractivity contribution in [2.75, 3.05) is 22.1 Å². The standard InChI is InChI=1S/C29H28N4O4S/c1-4-37-25-16-10-21(11-17-25)18-26-28(36)33(24-8-6-5-7-9-24)29(32-26)38-19(2)27(35)31-23-14-12-22(13-15-23)30-20(3)34/h5-19H,4H2,1-3H3,(H,30,34)(H,31,35)/b26-18+. The zero-order valence-electron chi connectivity index (χ0n) is 21.3. The molecule has 0 saturated heterocycles. The summed E-state index contributed by atoms with van der Waals surface area (Å²) in [5, 5.41) is 5.43. The Kier molecular flexibility index (Phi) is 8.60. The van der Waals surface area contributed by atoms with Crippen LogP contribution >= 0.6 is 11.8 Å². The summed E-state index contributed by atoms with van der Waals surface area (Å²) < 4.78 is 5.49. The van der Waals surface area contributed by atoms with Crippen molar-refractivity contribution in [1.82, 2.24) is 0 Å². The molecule has 8 nitrogen and oxygen atoms in total. The molecule has 0 bridgehead atoms. The number of carbonyl (C=O) groups excluding carboxylic acids is 3. The van der Waals surface area contributed by atoms with Gasteiger partial charge in [0.25, 0.3) is 5.91 Å². The van der Waals surface area contributed by atoms with Gasteiger partial charge in [0.15, 0.2) is 5.17 Å². The van der Waals surface area contributed by atoms with E-state index in [9.17, 15) is 14.4 Å². The predicted octanol–water partition coefficient (Wildman–Crippen LogP) is 5.55. The van der Waals surface area contributed by atoms with E-state index in [1.807, 2.05) is 61.5 Å². The van der Waals surface area contributed by atoms with Crippen molar-refractivity contribution in [2.45, 2.75) is 26.0 Å². The summed E-state index contributed by atoms with van der Waals surface area (Å²) in [4.78, 5) is 43.7. The smallest absolute Gasteiger partial charge is 0.283 e. The van der Waals surface area contributed by atoms with Crippen molar-refractivity contribution in [1.29, 1.82) is 0 Å². The Bertz CT molecular complexity index is 1370. The fourth-order valence-corrected chi connectivity index (χ4v) is 4.59. The van der Waals surface area contributed by atoms with Gasteiger partial charge in [0.05, 0.1) is 17.5 Å². The molecule has 38 heavy (non-hydrogen) atoms. The number of thioether (sulfide) groups is 1. The number of hydrogen-bond acceptors (Lipinski definition) is 6. The Hall–Kier alpha value is -4.37. The maximum atomic E-state index is 13.4. The van der Waals surface area contributed by atoms with E-state index in [1.54, 1.807) is 37.3 Å². The largest absolute Gasteiger partial charge is 0.494 e. The third-order valence-corrected chi connectivity index (χ3v) is 6.52. The van der Waals surface area contributed by atoms with Crippen molar-refractivity contribution < 1.29 is 19.1 Å². The van der Waals surface area contributed by atoms with Crippen LogP contribution in [0.5, 0.6) is 5.75 Å². The first-order chi connectivity index (χ1) is 18.3. The lowest BCUT2D eigenvalue weighted by Gasteiger charge is -2.20. The van der Waals surface area contributed by atoms with E-state index in [2.05, 4.69) is 15.6 Å². The number of amides is 3. The number of rotatable bonds is 8. The summed E-state index contributed by atoms with van der Waals surface area (Å²) >= 11 is 1.20. The Morgan fingerprint density at radius 2 is 1.61 bits per heavy atom. The molecule has 1 heterocycles. The first-order valence-electron chi connectivity index (χ1n) is 12.1. The fraction of sp³-hybridized carbons (Fsp3) is 0.172. The van der Waals surface area contributed by atoms with E-state index in [4.69, 9.17) is 4.74 Å². The average molecular weight is 529 g/mol. The maximum Gasteiger partial charge on any atom is 0.283 e. The molecule has 1 atom stereocenters. The van der Waals surface area contributed by atoms with Crippen LogP contribution < -0.4 is 20.3 Å². The van der Waals surface area contributed by atoms with E-state index < -0.39 is 5.25 Å². The lowest BCUT2D eigenvalue weighted by molar-refractivity contribution is -0.116. The van der Waals surface area contributed by atoms with Crippen LogP contribution in [0.25, 0.3) is 6.08 Å². The van der Waals surface area contributed by atoms with Crippen LogP contribution in [0.1, 0.15) is 26.3 Å². The Balaban J connectivity index is 1.53. The van der Waals surface area contributed by atoms with Gasteiger partial charge in [0, 0.05) is 18.3 Å². The molecule has 0 spiro atoms. The molecule has 0 aromatic heterocycles. The second-order valence-corrected chi connectivity index (χ2v) is 9.72. The summed E-state index contributed by atoms with van der Waals surface area (Å²) in [7, 11) is 0. The van der Waals surface area contributed by atoms with Crippen molar-refractivity contribution in [3.8, 4) is 5.75 Å². The lowest BCUT2D eigenvalue weighted by Crippen LogP contribution is -2.33. The zero-order valence-corrected chi connectivity index (χ0v) is 22.1. The van der Waals surface area contributed by atoms with Gasteiger partial charge in [-0.1, -0.05) is 42.1 Å². The highest BCUT2D eigenvalue weighted by Gasteiger charge is 2.34. The number of nitrogens with one attached hydrogen (secondary N) is 2. The minimum Gasteiger partial charge on any atom is -0.494 e. The number of hydrogen-bond donors (Lipinski definition) is 2. The number of carbonyl (C=O) groups is 3. The van der Waals surface area contributed by atoms with E-state index in [0.29, 0.717) is 28.8 Å². The Labute approximate surface area is 225 Å². The summed E-state index contributed by atoms with van der Waals surface area (Å²) in [6, 6.07) is 23.5. The van der Waals surface area contributed by atoms with Crippen molar-refractivity contribution >= 4 is 57.8 Å². The molecule has 3 aromatic carbocycles. The summed E-state index contributed by atoms with van der Waals surface area (Å²) in [5.41, 5.74) is 2.99. The van der Waals surface area contributed by atoms with Gasteiger partial charge in [-0.15, -0.1) is 0 Å². The van der Waals surface area contributed by atoms with Gasteiger partial charge >= 0.3 is 0 Å². The Morgan fingerprint density at radius 1 is 0.974 bits per heavy atom. The molecule has 4 rings (SSSR count). The molecular formula is C29H28N4O4S. The highest BCUT2D eigenvalue weighted by Crippen LogP contribution is 2.31. The van der Waals surface area contributed by atoms with E-state index in [1.165, 1.54) is 23.6 Å². The highest BCUT2D eigenvalue weighted by molar-refractivity contribution is 8.15. The molecule has 2 N–H and O–H groups in total. The number of ether oxygens (including phenoxy) is 1. The minimum absolute atomic E-state index is 0.169. The summed E-state index contributed by atoms with van der Waals surface area (Å²) in [6.45, 7) is 5.69. The Morgan fingerprint density at radius 3 is 2.21 bits per heavy atom. The monoisotopic (exact) mass is 528 g/mol. The van der Waals surface area contributed by atoms with Crippen molar-refractivity contribution in [3.05, 3.63) is 90.1 Å². The molecule has 194 valence electrons. The van der Waals surface area contributed by atoms with Crippen LogP contribution in [0.3, 0.4) is 0 Å². The van der Waals surface area contributed by atoms with Gasteiger partial charge < -0.3 is 15.4 Å². The van der Waals surface area contributed by atoms with Gasteiger partial charge in [0.1, 0.15) is 11.4 Å². The van der Waals surface area contributed by atoms with E-state index in [-0.39, 0.29) is 23.4 Å². The van der Waals surface area contributed by atoms with Gasteiger partial charge in [-0.3, -0.25) is 19.3 Å². The van der Waals surface area contributed by atoms with Crippen LogP contribution in [0.2, 0.25) is 0 Å². The van der Waals surface area contributed by atoms with Crippen LogP contribution in [0.4, 0.5) is 17.1 Å². The minimum atomic E-state index is -0.549. The van der Waals surface area contributed by atoms with Crippen LogP contribution in [-0.4, -0.2) is 34.7 Å². The van der Waals surface area contributed by atoms with Gasteiger partial charge in [-0.2, -0.15) is 0 Å². The third-order valence-electron chi connectivity index (χ3n) is 5.46. The topological polar surface area (TPSA) is 100 Å². The predicted molar refractivity (Wildman–Crippen MR) is 153 cm³/mol. The third kappa shape index (κ3) is 6.68. The molecule has 9 heteroatoms. The van der Waals surface area contributed by atoms with Crippen molar-refractivity contribution in [2.24, 2.45) is 4.99 Å². The molecule has 0 fully saturated rings. The fourth-order valence-electron chi connectivity index (χ4n) is 3.66. The molecule has 0 aliphatic carbocycles. The molecule has 3 amide bonds. The van der Waals surface area contributed by atoms with E-state index >= 15 is 0 Å². The van der Waals surface area contributed by atoms with Crippen LogP contribution in [-0.2, 0) is 14.4 Å². The average Bonchev–Trinajstić information content (AvgIpc) is 3.20. The number of amidine groups is 1. The molecular weight excluding hydrogens is 500 g/mol. The molecule has 1 aliphatic rings. The summed E-state index contributed by atoms with van der Waals surface area (Å²) in [5.74, 6) is 0.0726. The second-order valence-electron chi connectivity index (χ2n) is 8.41. The second kappa shape index (κ2) is 12.2. The quantitative estimate of drug-likeness (QED) is 0.374. The number of anilines is 3. The van der Waals surface area contributed by atoms with Gasteiger partial charge in [-0.25, -0.2) is 4.99 Å². The first-order valence-corrected chi connectivity index (χ1v) is 13.0. The number of para-hydroxylation sites is 1. The SMILES string of the molecule is CCOc1ccc(/C=C2/N=C(SC(C)C(=O)Nc3ccc(NC(C)=O)cc3)N(c3ccccc3)C2=O)cc1. The first kappa shape index (κ1) is 26.7. The molecule has 1 aliphatic heterocycles. The molecule has 3 aromatic rings. The lowest BCUT2D eigenvalue weighted by atomic mass is 10.2. The number of benzene rings is 3. The maximum absolute atomic E-state index is 13.4. The van der Waals surface area contributed by atoms with Crippen LogP contribution in [0, 0.1) is 0 Å². The molecule has 0 saturated carbocycles. The highest BCUT2D eigenvalue weighted by atomic mass is 32.2. The summed E-state index contributed by atoms with van der Waals surface area (Å²) in [6.07, 6.45) is 1.73. The number of aliphatic imine (C=N–C) groups is 1. The van der Waals surface area contributed by atoms with Gasteiger partial charge in [0.2, 0.25) is 11.8 Å². The molecule has 1 unspecified atom stereocenters. The van der Waals surface area contributed by atoms with Crippen molar-refractivity contribution in [3.63, 3.8) is 0 Å². The van der Waals surface area contributed by atoms with Gasteiger partial charge in [-0.05, 0) is 74.0 Å².